The molecule has 1 aromatic rings. The Kier molecular flexibility index (Phi) is 4.95. The minimum absolute atomic E-state index is 0.259. The highest BCUT2D eigenvalue weighted by Crippen LogP contribution is 2.29. The molecule has 116 valence electrons. The van der Waals surface area contributed by atoms with Crippen molar-refractivity contribution in [3.63, 3.8) is 0 Å². The van der Waals surface area contributed by atoms with Gasteiger partial charge in [0.1, 0.15) is 0 Å². The van der Waals surface area contributed by atoms with Gasteiger partial charge in [-0.25, -0.2) is 0 Å². The Balaban J connectivity index is 1.43. The van der Waals surface area contributed by atoms with Crippen LogP contribution in [0.2, 0.25) is 0 Å². The van der Waals surface area contributed by atoms with Gasteiger partial charge in [-0.2, -0.15) is 5.10 Å². The summed E-state index contributed by atoms with van der Waals surface area (Å²) in [5.41, 5.74) is 0. The number of hydrogen-bond donors (Lipinski definition) is 0. The Morgan fingerprint density at radius 2 is 2.14 bits per heavy atom. The second-order valence-electron chi connectivity index (χ2n) is 6.15. The van der Waals surface area contributed by atoms with Crippen LogP contribution in [0.1, 0.15) is 25.7 Å². The Morgan fingerprint density at radius 3 is 2.86 bits per heavy atom. The van der Waals surface area contributed by atoms with Crippen LogP contribution in [0.4, 0.5) is 0 Å². The van der Waals surface area contributed by atoms with Gasteiger partial charge in [-0.3, -0.25) is 9.48 Å². The van der Waals surface area contributed by atoms with E-state index in [1.54, 1.807) is 6.20 Å². The molecular weight excluding hydrogens is 332 g/mol. The molecule has 0 unspecified atom stereocenters. The molecule has 1 aromatic heterocycles. The fraction of sp³-hybridized carbons (Fsp3) is 0.733. The molecular formula is C15H23BrN4O. The predicted octanol–water partition coefficient (Wildman–Crippen LogP) is 1.98. The van der Waals surface area contributed by atoms with Crippen molar-refractivity contribution in [2.24, 2.45) is 5.92 Å². The number of nitrogens with zero attached hydrogens (tertiary/aromatic N) is 4. The number of rotatable bonds is 5. The third-order valence-electron chi connectivity index (χ3n) is 4.31. The lowest BCUT2D eigenvalue weighted by Crippen LogP contribution is -2.36. The molecule has 2 aliphatic rings. The summed E-state index contributed by atoms with van der Waals surface area (Å²) in [6, 6.07) is 0. The molecule has 0 bridgehead atoms. The van der Waals surface area contributed by atoms with Gasteiger partial charge in [0.05, 0.1) is 10.7 Å². The maximum Gasteiger partial charge on any atom is 0.224 e. The smallest absolute Gasteiger partial charge is 0.224 e. The number of carbonyl (C=O) groups excluding carboxylic acids is 1. The lowest BCUT2D eigenvalue weighted by Gasteiger charge is -2.22. The number of aromatic nitrogens is 2. The number of amides is 1. The van der Waals surface area contributed by atoms with Crippen molar-refractivity contribution in [2.45, 2.75) is 32.2 Å². The first kappa shape index (κ1) is 15.0. The van der Waals surface area contributed by atoms with Gasteiger partial charge < -0.3 is 9.80 Å². The molecule has 5 nitrogen and oxygen atoms in total. The maximum atomic E-state index is 12.3. The van der Waals surface area contributed by atoms with Crippen molar-refractivity contribution in [1.29, 1.82) is 0 Å². The molecule has 1 saturated heterocycles. The highest BCUT2D eigenvalue weighted by atomic mass is 79.9. The van der Waals surface area contributed by atoms with E-state index in [1.807, 2.05) is 15.8 Å². The van der Waals surface area contributed by atoms with Gasteiger partial charge in [-0.05, 0) is 47.7 Å². The van der Waals surface area contributed by atoms with Crippen molar-refractivity contribution < 1.29 is 4.79 Å². The molecule has 1 amide bonds. The second-order valence-corrected chi connectivity index (χ2v) is 7.07. The fourth-order valence-electron chi connectivity index (χ4n) is 2.90. The Morgan fingerprint density at radius 1 is 1.29 bits per heavy atom. The number of hydrogen-bond acceptors (Lipinski definition) is 3. The average molecular weight is 355 g/mol. The first-order valence-electron chi connectivity index (χ1n) is 7.89. The molecule has 0 atom stereocenters. The third kappa shape index (κ3) is 4.54. The molecule has 6 heteroatoms. The molecule has 0 spiro atoms. The minimum Gasteiger partial charge on any atom is -0.341 e. The van der Waals surface area contributed by atoms with Crippen LogP contribution < -0.4 is 0 Å². The molecule has 2 fully saturated rings. The largest absolute Gasteiger partial charge is 0.341 e. The summed E-state index contributed by atoms with van der Waals surface area (Å²) in [6.07, 6.45) is 8.11. The molecule has 2 heterocycles. The maximum absolute atomic E-state index is 12.3. The van der Waals surface area contributed by atoms with Gasteiger partial charge in [-0.15, -0.1) is 0 Å². The van der Waals surface area contributed by atoms with Crippen molar-refractivity contribution in [2.75, 3.05) is 32.7 Å². The normalized spacial score (nSPS) is 20.5. The zero-order valence-corrected chi connectivity index (χ0v) is 14.0. The summed E-state index contributed by atoms with van der Waals surface area (Å²) < 4.78 is 2.78. The van der Waals surface area contributed by atoms with Gasteiger partial charge in [0.25, 0.3) is 0 Å². The van der Waals surface area contributed by atoms with Gasteiger partial charge in [-0.1, -0.05) is 0 Å². The molecule has 0 N–H and O–H groups in total. The summed E-state index contributed by atoms with van der Waals surface area (Å²) in [5, 5.41) is 4.19. The molecule has 21 heavy (non-hydrogen) atoms. The summed E-state index contributed by atoms with van der Waals surface area (Å²) in [7, 11) is 0. The summed E-state index contributed by atoms with van der Waals surface area (Å²) >= 11 is 3.37. The lowest BCUT2D eigenvalue weighted by atomic mass is 10.3. The van der Waals surface area contributed by atoms with Crippen LogP contribution in [0.15, 0.2) is 16.9 Å². The minimum atomic E-state index is 0.259. The SMILES string of the molecule is O=C(CCn1cc(Br)cn1)N1CCCN(CC2CC2)CC1. The fourth-order valence-corrected chi connectivity index (χ4v) is 3.23. The van der Waals surface area contributed by atoms with E-state index in [0.717, 1.165) is 43.0 Å². The third-order valence-corrected chi connectivity index (χ3v) is 4.72. The van der Waals surface area contributed by atoms with Crippen molar-refractivity contribution >= 4 is 21.8 Å². The summed E-state index contributed by atoms with van der Waals surface area (Å²) in [6.45, 7) is 5.87. The van der Waals surface area contributed by atoms with Crippen LogP contribution in [0.3, 0.4) is 0 Å². The van der Waals surface area contributed by atoms with Crippen LogP contribution in [-0.2, 0) is 11.3 Å². The highest BCUT2D eigenvalue weighted by Gasteiger charge is 2.26. The predicted molar refractivity (Wildman–Crippen MR) is 84.9 cm³/mol. The zero-order valence-electron chi connectivity index (χ0n) is 12.4. The first-order valence-corrected chi connectivity index (χ1v) is 8.68. The number of carbonyl (C=O) groups is 1. The van der Waals surface area contributed by atoms with E-state index in [2.05, 4.69) is 25.9 Å². The van der Waals surface area contributed by atoms with Crippen molar-refractivity contribution in [3.05, 3.63) is 16.9 Å². The first-order chi connectivity index (χ1) is 10.2. The van der Waals surface area contributed by atoms with E-state index in [1.165, 1.54) is 19.4 Å². The molecule has 1 aliphatic carbocycles. The summed E-state index contributed by atoms with van der Waals surface area (Å²) in [5.74, 6) is 1.19. The summed E-state index contributed by atoms with van der Waals surface area (Å²) in [4.78, 5) is 16.9. The zero-order chi connectivity index (χ0) is 14.7. The standard InChI is InChI=1S/C15H23BrN4O/c16-14-10-17-20(12-14)7-4-15(21)19-6-1-5-18(8-9-19)11-13-2-3-13/h10,12-13H,1-9,11H2. The number of halogens is 1. The van der Waals surface area contributed by atoms with E-state index in [4.69, 9.17) is 0 Å². The van der Waals surface area contributed by atoms with Crippen molar-refractivity contribution in [3.8, 4) is 0 Å². The van der Waals surface area contributed by atoms with Crippen molar-refractivity contribution in [1.82, 2.24) is 19.6 Å². The van der Waals surface area contributed by atoms with Crippen LogP contribution in [0, 0.1) is 5.92 Å². The monoisotopic (exact) mass is 354 g/mol. The quantitative estimate of drug-likeness (QED) is 0.811. The van der Waals surface area contributed by atoms with Crippen LogP contribution in [-0.4, -0.2) is 58.2 Å². The Bertz CT molecular complexity index is 486. The van der Waals surface area contributed by atoms with E-state index < -0.39 is 0 Å². The molecule has 3 rings (SSSR count). The van der Waals surface area contributed by atoms with Crippen LogP contribution in [0.25, 0.3) is 0 Å². The topological polar surface area (TPSA) is 41.4 Å². The molecule has 0 radical (unpaired) electrons. The van der Waals surface area contributed by atoms with E-state index in [-0.39, 0.29) is 5.91 Å². The Labute approximate surface area is 134 Å². The second kappa shape index (κ2) is 6.92. The average Bonchev–Trinajstić information content (AvgIpc) is 3.23. The van der Waals surface area contributed by atoms with Gasteiger partial charge in [0.2, 0.25) is 5.91 Å². The molecule has 0 aromatic carbocycles. The highest BCUT2D eigenvalue weighted by molar-refractivity contribution is 9.10. The van der Waals surface area contributed by atoms with Crippen LogP contribution in [0.5, 0.6) is 0 Å². The lowest BCUT2D eigenvalue weighted by molar-refractivity contribution is -0.131. The van der Waals surface area contributed by atoms with Gasteiger partial charge in [0, 0.05) is 45.3 Å². The van der Waals surface area contributed by atoms with Crippen LogP contribution >= 0.6 is 15.9 Å². The molecule has 1 saturated carbocycles. The van der Waals surface area contributed by atoms with E-state index in [9.17, 15) is 4.79 Å². The van der Waals surface area contributed by atoms with Gasteiger partial charge in [0.15, 0.2) is 0 Å². The Hall–Kier alpha value is -0.880. The number of aryl methyl sites for hydroxylation is 1. The van der Waals surface area contributed by atoms with E-state index >= 15 is 0 Å². The molecule has 1 aliphatic heterocycles. The van der Waals surface area contributed by atoms with E-state index in [0.29, 0.717) is 13.0 Å². The van der Waals surface area contributed by atoms with Gasteiger partial charge >= 0.3 is 0 Å².